The van der Waals surface area contributed by atoms with Crippen LogP contribution in [0.25, 0.3) is 0 Å². The first kappa shape index (κ1) is 10.6. The van der Waals surface area contributed by atoms with Crippen LogP contribution < -0.4 is 5.32 Å². The first-order valence-corrected chi connectivity index (χ1v) is 6.23. The third-order valence-corrected chi connectivity index (χ3v) is 3.62. The Hall–Kier alpha value is -1.54. The molecule has 1 aromatic heterocycles. The molecular formula is C15H17NO. The zero-order valence-corrected chi connectivity index (χ0v) is 10.0. The Kier molecular flexibility index (Phi) is 2.73. The summed E-state index contributed by atoms with van der Waals surface area (Å²) in [6, 6.07) is 11.2. The van der Waals surface area contributed by atoms with Gasteiger partial charge in [-0.1, -0.05) is 31.2 Å². The molecule has 0 radical (unpaired) electrons. The molecule has 0 fully saturated rings. The highest BCUT2D eigenvalue weighted by Crippen LogP contribution is 2.43. The van der Waals surface area contributed by atoms with E-state index in [4.69, 9.17) is 4.42 Å². The first-order chi connectivity index (χ1) is 8.40. The van der Waals surface area contributed by atoms with Gasteiger partial charge in [0.05, 0.1) is 12.5 Å². The maximum atomic E-state index is 5.21. The van der Waals surface area contributed by atoms with Gasteiger partial charge in [0.2, 0.25) is 0 Å². The van der Waals surface area contributed by atoms with E-state index in [-0.39, 0.29) is 0 Å². The molecule has 1 heterocycles. The smallest absolute Gasteiger partial charge is 0.0950 e. The molecule has 0 aliphatic heterocycles. The lowest BCUT2D eigenvalue weighted by Gasteiger charge is -2.36. The van der Waals surface area contributed by atoms with Crippen LogP contribution in [0.2, 0.25) is 0 Å². The summed E-state index contributed by atoms with van der Waals surface area (Å²) in [4.78, 5) is 0. The summed E-state index contributed by atoms with van der Waals surface area (Å²) in [7, 11) is 0. The predicted octanol–water partition coefficient (Wildman–Crippen LogP) is 3.27. The summed E-state index contributed by atoms with van der Waals surface area (Å²) in [5.74, 6) is 0.587. The van der Waals surface area contributed by atoms with E-state index in [0.29, 0.717) is 12.0 Å². The van der Waals surface area contributed by atoms with Crippen molar-refractivity contribution in [3.63, 3.8) is 0 Å². The quantitative estimate of drug-likeness (QED) is 0.867. The molecule has 2 atom stereocenters. The maximum absolute atomic E-state index is 5.21. The van der Waals surface area contributed by atoms with Gasteiger partial charge < -0.3 is 9.73 Å². The van der Waals surface area contributed by atoms with E-state index in [1.54, 1.807) is 6.26 Å². The monoisotopic (exact) mass is 227 g/mol. The van der Waals surface area contributed by atoms with E-state index in [2.05, 4.69) is 42.6 Å². The molecule has 1 aromatic carbocycles. The number of likely N-dealkylation sites (N-methyl/N-ethyl adjacent to an activating group) is 1. The average molecular weight is 227 g/mol. The standard InChI is InChI=1S/C15H17NO/c1-2-16-15(12-7-8-17-10-12)14-9-11-5-3-4-6-13(11)14/h3-8,10,14-16H,2,9H2,1H3. The molecule has 2 nitrogen and oxygen atoms in total. The van der Waals surface area contributed by atoms with Crippen LogP contribution in [0.15, 0.2) is 47.3 Å². The summed E-state index contributed by atoms with van der Waals surface area (Å²) in [5.41, 5.74) is 4.23. The fraction of sp³-hybridized carbons (Fsp3) is 0.333. The van der Waals surface area contributed by atoms with Gasteiger partial charge in [0, 0.05) is 17.5 Å². The van der Waals surface area contributed by atoms with Crippen LogP contribution in [0.4, 0.5) is 0 Å². The van der Waals surface area contributed by atoms with E-state index in [0.717, 1.165) is 6.54 Å². The van der Waals surface area contributed by atoms with E-state index in [1.165, 1.54) is 23.1 Å². The van der Waals surface area contributed by atoms with Crippen LogP contribution in [-0.2, 0) is 6.42 Å². The second-order valence-corrected chi connectivity index (χ2v) is 4.60. The molecule has 2 unspecified atom stereocenters. The Morgan fingerprint density at radius 3 is 2.94 bits per heavy atom. The minimum atomic E-state index is 0.383. The van der Waals surface area contributed by atoms with Crippen LogP contribution in [0.5, 0.6) is 0 Å². The Morgan fingerprint density at radius 2 is 2.24 bits per heavy atom. The molecule has 0 spiro atoms. The van der Waals surface area contributed by atoms with Crippen LogP contribution in [0.3, 0.4) is 0 Å². The minimum Gasteiger partial charge on any atom is -0.472 e. The zero-order chi connectivity index (χ0) is 11.7. The predicted molar refractivity (Wildman–Crippen MR) is 68.0 cm³/mol. The molecule has 0 bridgehead atoms. The number of furan rings is 1. The average Bonchev–Trinajstić information content (AvgIpc) is 2.83. The van der Waals surface area contributed by atoms with Gasteiger partial charge in [-0.3, -0.25) is 0 Å². The van der Waals surface area contributed by atoms with Crippen molar-refractivity contribution < 1.29 is 4.42 Å². The van der Waals surface area contributed by atoms with Crippen molar-refractivity contribution in [1.29, 1.82) is 0 Å². The summed E-state index contributed by atoms with van der Waals surface area (Å²) in [5, 5.41) is 3.57. The van der Waals surface area contributed by atoms with Gasteiger partial charge in [0.25, 0.3) is 0 Å². The van der Waals surface area contributed by atoms with Gasteiger partial charge in [0.15, 0.2) is 0 Å². The van der Waals surface area contributed by atoms with E-state index >= 15 is 0 Å². The van der Waals surface area contributed by atoms with E-state index < -0.39 is 0 Å². The summed E-state index contributed by atoms with van der Waals surface area (Å²) in [6.45, 7) is 3.13. The molecule has 0 saturated carbocycles. The van der Waals surface area contributed by atoms with E-state index in [9.17, 15) is 0 Å². The largest absolute Gasteiger partial charge is 0.472 e. The van der Waals surface area contributed by atoms with Crippen LogP contribution in [0.1, 0.15) is 35.6 Å². The summed E-state index contributed by atoms with van der Waals surface area (Å²) in [6.07, 6.45) is 4.78. The van der Waals surface area contributed by atoms with Crippen LogP contribution >= 0.6 is 0 Å². The summed E-state index contributed by atoms with van der Waals surface area (Å²) < 4.78 is 5.21. The third-order valence-electron chi connectivity index (χ3n) is 3.62. The van der Waals surface area contributed by atoms with Gasteiger partial charge >= 0.3 is 0 Å². The van der Waals surface area contributed by atoms with Crippen molar-refractivity contribution in [2.45, 2.75) is 25.3 Å². The van der Waals surface area contributed by atoms with E-state index in [1.807, 2.05) is 6.26 Å². The Morgan fingerprint density at radius 1 is 1.35 bits per heavy atom. The zero-order valence-electron chi connectivity index (χ0n) is 10.0. The van der Waals surface area contributed by atoms with Gasteiger partial charge in [-0.15, -0.1) is 0 Å². The fourth-order valence-electron chi connectivity index (χ4n) is 2.76. The minimum absolute atomic E-state index is 0.383. The lowest BCUT2D eigenvalue weighted by molar-refractivity contribution is 0.415. The van der Waals surface area contributed by atoms with Crippen LogP contribution in [-0.4, -0.2) is 6.54 Å². The lowest BCUT2D eigenvalue weighted by Crippen LogP contribution is -2.33. The van der Waals surface area contributed by atoms with Gasteiger partial charge in [-0.05, 0) is 30.2 Å². The van der Waals surface area contributed by atoms with Crippen molar-refractivity contribution in [1.82, 2.24) is 5.32 Å². The first-order valence-electron chi connectivity index (χ1n) is 6.23. The molecule has 0 amide bonds. The molecule has 88 valence electrons. The molecule has 17 heavy (non-hydrogen) atoms. The number of benzene rings is 1. The highest BCUT2D eigenvalue weighted by molar-refractivity contribution is 5.42. The molecule has 1 aliphatic rings. The fourth-order valence-corrected chi connectivity index (χ4v) is 2.76. The second-order valence-electron chi connectivity index (χ2n) is 4.60. The molecule has 2 aromatic rings. The Labute approximate surface area is 102 Å². The Bertz CT molecular complexity index is 489. The van der Waals surface area contributed by atoms with Crippen LogP contribution in [0, 0.1) is 0 Å². The molecule has 1 aliphatic carbocycles. The Balaban J connectivity index is 1.88. The second kappa shape index (κ2) is 4.38. The highest BCUT2D eigenvalue weighted by atomic mass is 16.3. The number of hydrogen-bond acceptors (Lipinski definition) is 2. The van der Waals surface area contributed by atoms with Crippen molar-refractivity contribution >= 4 is 0 Å². The number of rotatable bonds is 4. The number of hydrogen-bond donors (Lipinski definition) is 1. The SMILES string of the molecule is CCNC(c1ccoc1)C1Cc2ccccc21. The van der Waals surface area contributed by atoms with Gasteiger partial charge in [-0.25, -0.2) is 0 Å². The molecular weight excluding hydrogens is 210 g/mol. The van der Waals surface area contributed by atoms with Crippen molar-refractivity contribution in [2.75, 3.05) is 6.54 Å². The third kappa shape index (κ3) is 1.79. The molecule has 2 heteroatoms. The molecule has 0 saturated heterocycles. The molecule has 1 N–H and O–H groups in total. The van der Waals surface area contributed by atoms with Gasteiger partial charge in [-0.2, -0.15) is 0 Å². The molecule has 3 rings (SSSR count). The topological polar surface area (TPSA) is 25.2 Å². The number of fused-ring (bicyclic) bond motifs is 1. The maximum Gasteiger partial charge on any atom is 0.0950 e. The van der Waals surface area contributed by atoms with Crippen molar-refractivity contribution in [3.8, 4) is 0 Å². The summed E-state index contributed by atoms with van der Waals surface area (Å²) >= 11 is 0. The van der Waals surface area contributed by atoms with Gasteiger partial charge in [0.1, 0.15) is 0 Å². The number of nitrogens with one attached hydrogen (secondary N) is 1. The van der Waals surface area contributed by atoms with Crippen molar-refractivity contribution in [2.24, 2.45) is 0 Å². The van der Waals surface area contributed by atoms with Crippen molar-refractivity contribution in [3.05, 3.63) is 59.5 Å². The lowest BCUT2D eigenvalue weighted by atomic mass is 9.72. The normalized spacial score (nSPS) is 19.5. The highest BCUT2D eigenvalue weighted by Gasteiger charge is 2.33.